The summed E-state index contributed by atoms with van der Waals surface area (Å²) in [6.45, 7) is 2.99. The number of nitrogens with zero attached hydrogens (tertiary/aromatic N) is 2. The maximum Gasteiger partial charge on any atom is 0.257 e. The molecule has 184 valence electrons. The van der Waals surface area contributed by atoms with Gasteiger partial charge in [-0.15, -0.1) is 0 Å². The Kier molecular flexibility index (Phi) is 8.33. The summed E-state index contributed by atoms with van der Waals surface area (Å²) in [5, 5.41) is 0.652. The quantitative estimate of drug-likeness (QED) is 0.418. The summed E-state index contributed by atoms with van der Waals surface area (Å²) in [5.41, 5.74) is 1.71. The number of rotatable bonds is 8. The van der Waals surface area contributed by atoms with Gasteiger partial charge in [-0.2, -0.15) is 0 Å². The molecule has 4 rings (SSSR count). The van der Waals surface area contributed by atoms with Crippen LogP contribution in [0.15, 0.2) is 66.7 Å². The van der Waals surface area contributed by atoms with Crippen molar-refractivity contribution in [2.24, 2.45) is 0 Å². The van der Waals surface area contributed by atoms with Gasteiger partial charge in [-0.05, 0) is 53.6 Å². The van der Waals surface area contributed by atoms with E-state index in [0.717, 1.165) is 35.1 Å². The highest BCUT2D eigenvalue weighted by Crippen LogP contribution is 2.26. The van der Waals surface area contributed by atoms with Gasteiger partial charge in [0.15, 0.2) is 0 Å². The van der Waals surface area contributed by atoms with Crippen LogP contribution in [0.1, 0.15) is 27.6 Å². The van der Waals surface area contributed by atoms with Gasteiger partial charge in [0.05, 0.1) is 25.4 Å². The van der Waals surface area contributed by atoms with E-state index >= 15 is 0 Å². The molecule has 0 saturated carbocycles. The second-order valence-corrected chi connectivity index (χ2v) is 8.86. The maximum atomic E-state index is 14.1. The molecule has 35 heavy (non-hydrogen) atoms. The minimum Gasteiger partial charge on any atom is -0.497 e. The van der Waals surface area contributed by atoms with Crippen LogP contribution in [0.3, 0.4) is 0 Å². The Balaban J connectivity index is 1.42. The Hall–Kier alpha value is -3.00. The van der Waals surface area contributed by atoms with Gasteiger partial charge < -0.3 is 14.4 Å². The van der Waals surface area contributed by atoms with Gasteiger partial charge >= 0.3 is 0 Å². The minimum atomic E-state index is -0.716. The zero-order valence-electron chi connectivity index (χ0n) is 19.4. The lowest BCUT2D eigenvalue weighted by Gasteiger charge is -2.36. The molecule has 1 amide bonds. The Labute approximate surface area is 208 Å². The Morgan fingerprint density at radius 1 is 1.00 bits per heavy atom. The van der Waals surface area contributed by atoms with Crippen LogP contribution in [-0.4, -0.2) is 55.5 Å². The lowest BCUT2D eigenvalue weighted by Crippen LogP contribution is -2.49. The fraction of sp³-hybridized carbons (Fsp3) is 0.296. The first-order valence-corrected chi connectivity index (χ1v) is 11.8. The average molecular weight is 501 g/mol. The number of hydrogen-bond donors (Lipinski definition) is 0. The van der Waals surface area contributed by atoms with Gasteiger partial charge in [-0.25, -0.2) is 8.78 Å². The van der Waals surface area contributed by atoms with Crippen LogP contribution in [0.5, 0.6) is 5.75 Å². The zero-order chi connectivity index (χ0) is 24.8. The molecule has 1 saturated heterocycles. The van der Waals surface area contributed by atoms with Crippen LogP contribution >= 0.6 is 11.6 Å². The standard InChI is InChI=1S/C27H27ClF2N2O3/c1-34-23-7-3-5-20(15-23)26(35-18-19-4-2-6-21(28)14-19)17-31-10-12-32(13-11-31)27(33)24-16-22(29)8-9-25(24)30/h2-9,14-16,26H,10-13,17-18H2,1H3. The lowest BCUT2D eigenvalue weighted by molar-refractivity contribution is 0.00329. The first-order valence-electron chi connectivity index (χ1n) is 11.4. The number of benzene rings is 3. The van der Waals surface area contributed by atoms with Crippen LogP contribution in [0.25, 0.3) is 0 Å². The van der Waals surface area contributed by atoms with Crippen LogP contribution in [0.4, 0.5) is 8.78 Å². The van der Waals surface area contributed by atoms with E-state index in [1.54, 1.807) is 12.0 Å². The summed E-state index contributed by atoms with van der Waals surface area (Å²) in [4.78, 5) is 16.5. The predicted molar refractivity (Wildman–Crippen MR) is 131 cm³/mol. The maximum absolute atomic E-state index is 14.1. The van der Waals surface area contributed by atoms with Crippen molar-refractivity contribution in [1.29, 1.82) is 0 Å². The fourth-order valence-corrected chi connectivity index (χ4v) is 4.33. The second kappa shape index (κ2) is 11.6. The number of amides is 1. The largest absolute Gasteiger partial charge is 0.497 e. The minimum absolute atomic E-state index is 0.238. The predicted octanol–water partition coefficient (Wildman–Crippen LogP) is 5.34. The van der Waals surface area contributed by atoms with Crippen LogP contribution in [0.2, 0.25) is 5.02 Å². The van der Waals surface area contributed by atoms with Crippen molar-refractivity contribution in [3.05, 3.63) is 100 Å². The molecule has 0 bridgehead atoms. The first-order chi connectivity index (χ1) is 16.9. The molecule has 0 aromatic heterocycles. The van der Waals surface area contributed by atoms with E-state index in [9.17, 15) is 13.6 Å². The van der Waals surface area contributed by atoms with Gasteiger partial charge in [0.2, 0.25) is 0 Å². The van der Waals surface area contributed by atoms with E-state index in [1.165, 1.54) is 0 Å². The van der Waals surface area contributed by atoms with E-state index in [2.05, 4.69) is 4.90 Å². The Bertz CT molecular complexity index is 1170. The second-order valence-electron chi connectivity index (χ2n) is 8.42. The van der Waals surface area contributed by atoms with Gasteiger partial charge in [0, 0.05) is 37.7 Å². The SMILES string of the molecule is COc1cccc(C(CN2CCN(C(=O)c3cc(F)ccc3F)CC2)OCc2cccc(Cl)c2)c1. The third-order valence-corrected chi connectivity index (χ3v) is 6.28. The summed E-state index contributed by atoms with van der Waals surface area (Å²) in [7, 11) is 1.62. The molecular weight excluding hydrogens is 474 g/mol. The van der Waals surface area contributed by atoms with Crippen molar-refractivity contribution < 1.29 is 23.0 Å². The van der Waals surface area contributed by atoms with E-state index in [1.807, 2.05) is 48.5 Å². The molecule has 3 aromatic rings. The van der Waals surface area contributed by atoms with Crippen molar-refractivity contribution in [3.8, 4) is 5.75 Å². The van der Waals surface area contributed by atoms with Crippen molar-refractivity contribution in [1.82, 2.24) is 9.80 Å². The van der Waals surface area contributed by atoms with E-state index in [-0.39, 0.29) is 11.7 Å². The summed E-state index contributed by atoms with van der Waals surface area (Å²) >= 11 is 6.12. The van der Waals surface area contributed by atoms with E-state index in [4.69, 9.17) is 21.1 Å². The molecule has 8 heteroatoms. The van der Waals surface area contributed by atoms with Gasteiger partial charge in [0.25, 0.3) is 5.91 Å². The number of hydrogen-bond acceptors (Lipinski definition) is 4. The van der Waals surface area contributed by atoms with Crippen molar-refractivity contribution >= 4 is 17.5 Å². The number of carbonyl (C=O) groups excluding carboxylic acids is 1. The normalized spacial score (nSPS) is 15.1. The topological polar surface area (TPSA) is 42.0 Å². The third-order valence-electron chi connectivity index (χ3n) is 6.05. The van der Waals surface area contributed by atoms with E-state index < -0.39 is 17.5 Å². The highest BCUT2D eigenvalue weighted by atomic mass is 35.5. The number of methoxy groups -OCH3 is 1. The molecule has 0 N–H and O–H groups in total. The number of piperazine rings is 1. The molecule has 1 aliphatic heterocycles. The molecule has 1 fully saturated rings. The highest BCUT2D eigenvalue weighted by molar-refractivity contribution is 6.30. The first kappa shape index (κ1) is 25.1. The van der Waals surface area contributed by atoms with E-state index in [0.29, 0.717) is 44.4 Å². The van der Waals surface area contributed by atoms with Crippen LogP contribution in [-0.2, 0) is 11.3 Å². The lowest BCUT2D eigenvalue weighted by atomic mass is 10.1. The summed E-state index contributed by atoms with van der Waals surface area (Å²) < 4.78 is 39.3. The molecule has 5 nitrogen and oxygen atoms in total. The average Bonchev–Trinajstić information content (AvgIpc) is 2.88. The summed E-state index contributed by atoms with van der Waals surface area (Å²) in [6, 6.07) is 18.2. The highest BCUT2D eigenvalue weighted by Gasteiger charge is 2.26. The van der Waals surface area contributed by atoms with Crippen LogP contribution < -0.4 is 4.74 Å². The number of carbonyl (C=O) groups is 1. The molecule has 1 unspecified atom stereocenters. The molecule has 0 aliphatic carbocycles. The molecule has 3 aromatic carbocycles. The number of halogens is 3. The molecular formula is C27H27ClF2N2O3. The Morgan fingerprint density at radius 3 is 2.51 bits per heavy atom. The van der Waals surface area contributed by atoms with Crippen molar-refractivity contribution in [3.63, 3.8) is 0 Å². The summed E-state index contributed by atoms with van der Waals surface area (Å²) in [5.74, 6) is -1.10. The van der Waals surface area contributed by atoms with Crippen LogP contribution in [0, 0.1) is 11.6 Å². The molecule has 0 spiro atoms. The Morgan fingerprint density at radius 2 is 1.77 bits per heavy atom. The summed E-state index contributed by atoms with van der Waals surface area (Å²) in [6.07, 6.45) is -0.244. The molecule has 1 atom stereocenters. The van der Waals surface area contributed by atoms with Gasteiger partial charge in [-0.1, -0.05) is 35.9 Å². The smallest absolute Gasteiger partial charge is 0.257 e. The third kappa shape index (κ3) is 6.57. The van der Waals surface area contributed by atoms with Gasteiger partial charge in [-0.3, -0.25) is 9.69 Å². The number of ether oxygens (including phenoxy) is 2. The van der Waals surface area contributed by atoms with Gasteiger partial charge in [0.1, 0.15) is 17.4 Å². The molecule has 1 aliphatic rings. The van der Waals surface area contributed by atoms with Crippen molar-refractivity contribution in [2.75, 3.05) is 39.8 Å². The molecule has 1 heterocycles. The monoisotopic (exact) mass is 500 g/mol. The zero-order valence-corrected chi connectivity index (χ0v) is 20.2. The fourth-order valence-electron chi connectivity index (χ4n) is 4.12. The molecule has 0 radical (unpaired) electrons. The van der Waals surface area contributed by atoms with Crippen molar-refractivity contribution in [2.45, 2.75) is 12.7 Å².